The molecule has 0 aromatic heterocycles. The second-order valence-electron chi connectivity index (χ2n) is 6.01. The summed E-state index contributed by atoms with van der Waals surface area (Å²) in [7, 11) is 0. The molecule has 1 atom stereocenters. The van der Waals surface area contributed by atoms with Crippen LogP contribution in [0.5, 0.6) is 0 Å². The molecule has 104 valence electrons. The first-order chi connectivity index (χ1) is 9.38. The molecule has 0 spiro atoms. The lowest BCUT2D eigenvalue weighted by Gasteiger charge is -2.26. The summed E-state index contributed by atoms with van der Waals surface area (Å²) in [6.07, 6.45) is 7.84. The van der Waals surface area contributed by atoms with Crippen molar-refractivity contribution in [2.75, 3.05) is 24.5 Å². The van der Waals surface area contributed by atoms with E-state index in [-0.39, 0.29) is 0 Å². The van der Waals surface area contributed by atoms with Crippen molar-refractivity contribution in [1.29, 1.82) is 0 Å². The molecule has 2 nitrogen and oxygen atoms in total. The molecule has 0 bridgehead atoms. The Morgan fingerprint density at radius 2 is 2.16 bits per heavy atom. The van der Waals surface area contributed by atoms with Gasteiger partial charge in [-0.15, -0.1) is 0 Å². The molecule has 1 aromatic rings. The molecule has 1 aliphatic heterocycles. The van der Waals surface area contributed by atoms with Crippen LogP contribution in [0, 0.1) is 0 Å². The van der Waals surface area contributed by atoms with E-state index < -0.39 is 0 Å². The second kappa shape index (κ2) is 5.96. The van der Waals surface area contributed by atoms with Gasteiger partial charge in [-0.2, -0.15) is 0 Å². The maximum atomic E-state index is 3.67. The fourth-order valence-corrected chi connectivity index (χ4v) is 3.55. The maximum absolute atomic E-state index is 3.67. The number of rotatable bonds is 4. The highest BCUT2D eigenvalue weighted by Gasteiger charge is 2.24. The van der Waals surface area contributed by atoms with E-state index in [0.717, 1.165) is 6.54 Å². The topological polar surface area (TPSA) is 15.3 Å². The number of aryl methyl sites for hydroxylation is 1. The van der Waals surface area contributed by atoms with Gasteiger partial charge in [0.15, 0.2) is 0 Å². The Labute approximate surface area is 117 Å². The summed E-state index contributed by atoms with van der Waals surface area (Å²) in [6, 6.07) is 7.62. The largest absolute Gasteiger partial charge is 0.370 e. The lowest BCUT2D eigenvalue weighted by atomic mass is 9.90. The van der Waals surface area contributed by atoms with Crippen molar-refractivity contribution in [2.45, 2.75) is 51.5 Å². The van der Waals surface area contributed by atoms with E-state index in [9.17, 15) is 0 Å². The van der Waals surface area contributed by atoms with Crippen molar-refractivity contribution in [2.24, 2.45) is 0 Å². The Morgan fingerprint density at radius 1 is 1.26 bits per heavy atom. The summed E-state index contributed by atoms with van der Waals surface area (Å²) >= 11 is 0. The van der Waals surface area contributed by atoms with Crippen LogP contribution in [0.1, 0.15) is 43.7 Å². The van der Waals surface area contributed by atoms with E-state index in [0.29, 0.717) is 6.04 Å². The van der Waals surface area contributed by atoms with Crippen molar-refractivity contribution in [3.05, 3.63) is 29.3 Å². The Bertz CT molecular complexity index is 427. The zero-order valence-electron chi connectivity index (χ0n) is 12.1. The van der Waals surface area contributed by atoms with Crippen molar-refractivity contribution in [1.82, 2.24) is 5.32 Å². The van der Waals surface area contributed by atoms with Gasteiger partial charge in [-0.3, -0.25) is 0 Å². The highest BCUT2D eigenvalue weighted by molar-refractivity contribution is 5.58. The van der Waals surface area contributed by atoms with Gasteiger partial charge in [-0.25, -0.2) is 0 Å². The molecule has 0 radical (unpaired) electrons. The fraction of sp³-hybridized carbons (Fsp3) is 0.647. The van der Waals surface area contributed by atoms with E-state index in [1.54, 1.807) is 11.1 Å². The number of hydrogen-bond donors (Lipinski definition) is 1. The van der Waals surface area contributed by atoms with Gasteiger partial charge in [0.2, 0.25) is 0 Å². The molecule has 19 heavy (non-hydrogen) atoms. The molecule has 2 aliphatic rings. The molecule has 1 fully saturated rings. The predicted octanol–water partition coefficient (Wildman–Crippen LogP) is 3.14. The zero-order chi connectivity index (χ0) is 13.1. The summed E-state index contributed by atoms with van der Waals surface area (Å²) in [4.78, 5) is 2.61. The molecule has 1 saturated heterocycles. The van der Waals surface area contributed by atoms with E-state index in [1.165, 1.54) is 57.3 Å². The smallest absolute Gasteiger partial charge is 0.0402 e. The third-order valence-electron chi connectivity index (χ3n) is 4.58. The van der Waals surface area contributed by atoms with Crippen LogP contribution in [-0.2, 0) is 12.8 Å². The summed E-state index contributed by atoms with van der Waals surface area (Å²) in [5, 5.41) is 3.67. The Hall–Kier alpha value is -1.02. The minimum atomic E-state index is 0.694. The van der Waals surface area contributed by atoms with Gasteiger partial charge < -0.3 is 10.2 Å². The third kappa shape index (κ3) is 2.79. The van der Waals surface area contributed by atoms with Crippen LogP contribution in [0.15, 0.2) is 18.2 Å². The Kier molecular flexibility index (Phi) is 4.07. The van der Waals surface area contributed by atoms with Crippen molar-refractivity contribution < 1.29 is 0 Å². The van der Waals surface area contributed by atoms with Gasteiger partial charge in [-0.1, -0.05) is 19.1 Å². The van der Waals surface area contributed by atoms with Gasteiger partial charge in [0.25, 0.3) is 0 Å². The lowest BCUT2D eigenvalue weighted by Crippen LogP contribution is -2.33. The zero-order valence-corrected chi connectivity index (χ0v) is 12.1. The van der Waals surface area contributed by atoms with Crippen LogP contribution in [0.25, 0.3) is 0 Å². The first-order valence-corrected chi connectivity index (χ1v) is 7.97. The Morgan fingerprint density at radius 3 is 3.05 bits per heavy atom. The van der Waals surface area contributed by atoms with Crippen LogP contribution < -0.4 is 10.2 Å². The van der Waals surface area contributed by atoms with Gasteiger partial charge in [0.1, 0.15) is 0 Å². The van der Waals surface area contributed by atoms with Gasteiger partial charge in [-0.05, 0) is 62.3 Å². The molecule has 1 unspecified atom stereocenters. The van der Waals surface area contributed by atoms with Crippen molar-refractivity contribution >= 4 is 5.69 Å². The molecule has 1 heterocycles. The average molecular weight is 258 g/mol. The van der Waals surface area contributed by atoms with Crippen molar-refractivity contribution in [3.63, 3.8) is 0 Å². The van der Waals surface area contributed by atoms with E-state index in [4.69, 9.17) is 0 Å². The highest BCUT2D eigenvalue weighted by Crippen LogP contribution is 2.32. The number of anilines is 1. The molecule has 3 rings (SSSR count). The standard InChI is InChI=1S/C17H26N2/c1-2-11-18-15-10-12-19(13-15)17-9-5-7-14-6-3-4-8-16(14)17/h5,7,9,15,18H,2-4,6,8,10-13H2,1H3. The normalized spacial score (nSPS) is 22.6. The van der Waals surface area contributed by atoms with Gasteiger partial charge in [0.05, 0.1) is 0 Å². The summed E-state index contributed by atoms with van der Waals surface area (Å²) in [5.74, 6) is 0. The monoisotopic (exact) mass is 258 g/mol. The predicted molar refractivity (Wildman–Crippen MR) is 82.0 cm³/mol. The number of nitrogens with zero attached hydrogens (tertiary/aromatic N) is 1. The van der Waals surface area contributed by atoms with Crippen molar-refractivity contribution in [3.8, 4) is 0 Å². The van der Waals surface area contributed by atoms with E-state index >= 15 is 0 Å². The average Bonchev–Trinajstić information content (AvgIpc) is 2.93. The fourth-order valence-electron chi connectivity index (χ4n) is 3.55. The quantitative estimate of drug-likeness (QED) is 0.892. The summed E-state index contributed by atoms with van der Waals surface area (Å²) in [5.41, 5.74) is 4.77. The molecular weight excluding hydrogens is 232 g/mol. The number of hydrogen-bond acceptors (Lipinski definition) is 2. The summed E-state index contributed by atoms with van der Waals surface area (Å²) < 4.78 is 0. The third-order valence-corrected chi connectivity index (χ3v) is 4.58. The first-order valence-electron chi connectivity index (χ1n) is 7.97. The molecule has 1 aliphatic carbocycles. The highest BCUT2D eigenvalue weighted by atomic mass is 15.2. The molecular formula is C17H26N2. The lowest BCUT2D eigenvalue weighted by molar-refractivity contribution is 0.549. The minimum absolute atomic E-state index is 0.694. The van der Waals surface area contributed by atoms with Crippen LogP contribution in [-0.4, -0.2) is 25.7 Å². The number of fused-ring (bicyclic) bond motifs is 1. The molecule has 1 N–H and O–H groups in total. The molecule has 1 aromatic carbocycles. The van der Waals surface area contributed by atoms with Crippen LogP contribution in [0.4, 0.5) is 5.69 Å². The summed E-state index contributed by atoms with van der Waals surface area (Å²) in [6.45, 7) is 5.81. The minimum Gasteiger partial charge on any atom is -0.370 e. The molecule has 0 amide bonds. The van der Waals surface area contributed by atoms with Crippen LogP contribution in [0.2, 0.25) is 0 Å². The Balaban J connectivity index is 1.73. The van der Waals surface area contributed by atoms with E-state index in [2.05, 4.69) is 35.3 Å². The van der Waals surface area contributed by atoms with Gasteiger partial charge >= 0.3 is 0 Å². The van der Waals surface area contributed by atoms with Crippen LogP contribution in [0.3, 0.4) is 0 Å². The number of benzene rings is 1. The van der Waals surface area contributed by atoms with Gasteiger partial charge in [0, 0.05) is 24.8 Å². The SMILES string of the molecule is CCCNC1CCN(c2cccc3c2CCCC3)C1. The van der Waals surface area contributed by atoms with E-state index in [1.807, 2.05) is 0 Å². The molecule has 2 heteroatoms. The first kappa shape index (κ1) is 13.0. The van der Waals surface area contributed by atoms with Crippen LogP contribution >= 0.6 is 0 Å². The second-order valence-corrected chi connectivity index (χ2v) is 6.01. The molecule has 0 saturated carbocycles. The number of nitrogens with one attached hydrogen (secondary N) is 1. The maximum Gasteiger partial charge on any atom is 0.0402 e.